The number of aromatic nitrogens is 1. The van der Waals surface area contributed by atoms with Gasteiger partial charge < -0.3 is 15.0 Å². The fraction of sp³-hybridized carbons (Fsp3) is 0.100. The summed E-state index contributed by atoms with van der Waals surface area (Å²) in [6.07, 6.45) is 0. The molecular weight excluding hydrogens is 326 g/mol. The molecule has 16 heavy (non-hydrogen) atoms. The fourth-order valence-corrected chi connectivity index (χ4v) is 1.79. The van der Waals surface area contributed by atoms with Gasteiger partial charge in [0.2, 0.25) is 0 Å². The molecule has 4 nitrogen and oxygen atoms in total. The fourth-order valence-electron chi connectivity index (χ4n) is 1.28. The molecule has 1 heterocycles. The van der Waals surface area contributed by atoms with Crippen LogP contribution in [0.15, 0.2) is 22.7 Å². The number of nitrogens with two attached hydrogens (primary N) is 1. The first-order valence-corrected chi connectivity index (χ1v) is 5.46. The van der Waals surface area contributed by atoms with E-state index in [1.165, 1.54) is 19.2 Å². The zero-order valence-corrected chi connectivity index (χ0v) is 10.5. The Labute approximate surface area is 105 Å². The molecule has 0 atom stereocenters. The van der Waals surface area contributed by atoms with Gasteiger partial charge in [-0.15, -0.1) is 0 Å². The third-order valence-electron chi connectivity index (χ3n) is 2.07. The van der Waals surface area contributed by atoms with E-state index in [9.17, 15) is 4.39 Å². The van der Waals surface area contributed by atoms with Gasteiger partial charge in [0.15, 0.2) is 23.1 Å². The van der Waals surface area contributed by atoms with E-state index in [1.54, 1.807) is 6.07 Å². The van der Waals surface area contributed by atoms with Gasteiger partial charge in [-0.1, -0.05) is 5.16 Å². The minimum atomic E-state index is -0.453. The van der Waals surface area contributed by atoms with E-state index < -0.39 is 5.82 Å². The van der Waals surface area contributed by atoms with Crippen LogP contribution in [0, 0.1) is 9.39 Å². The molecule has 2 rings (SSSR count). The summed E-state index contributed by atoms with van der Waals surface area (Å²) < 4.78 is 24.0. The van der Waals surface area contributed by atoms with Gasteiger partial charge in [0.05, 0.1) is 7.11 Å². The summed E-state index contributed by atoms with van der Waals surface area (Å²) in [6, 6.07) is 4.53. The number of nitrogen functional groups attached to an aromatic ring is 1. The summed E-state index contributed by atoms with van der Waals surface area (Å²) in [6.45, 7) is 0. The second kappa shape index (κ2) is 4.28. The van der Waals surface area contributed by atoms with Crippen LogP contribution in [0.4, 0.5) is 10.2 Å². The molecule has 84 valence electrons. The highest BCUT2D eigenvalue weighted by atomic mass is 127. The molecule has 0 aliphatic rings. The first-order chi connectivity index (χ1) is 7.63. The zero-order valence-electron chi connectivity index (χ0n) is 8.33. The Morgan fingerprint density at radius 2 is 2.25 bits per heavy atom. The van der Waals surface area contributed by atoms with Crippen molar-refractivity contribution in [2.45, 2.75) is 0 Å². The Morgan fingerprint density at radius 1 is 1.50 bits per heavy atom. The zero-order chi connectivity index (χ0) is 11.7. The van der Waals surface area contributed by atoms with Crippen LogP contribution in [0.25, 0.3) is 11.3 Å². The van der Waals surface area contributed by atoms with Gasteiger partial charge in [0.25, 0.3) is 0 Å². The molecule has 0 spiro atoms. The Morgan fingerprint density at radius 3 is 2.75 bits per heavy atom. The van der Waals surface area contributed by atoms with Crippen LogP contribution in [0.2, 0.25) is 0 Å². The van der Waals surface area contributed by atoms with Crippen molar-refractivity contribution < 1.29 is 13.7 Å². The van der Waals surface area contributed by atoms with Crippen LogP contribution >= 0.6 is 22.6 Å². The smallest absolute Gasteiger partial charge is 0.182 e. The maximum absolute atomic E-state index is 13.5. The number of halogens is 2. The van der Waals surface area contributed by atoms with E-state index in [2.05, 4.69) is 5.16 Å². The SMILES string of the molecule is COc1ccc(-c2onc(N)c2I)cc1F. The highest BCUT2D eigenvalue weighted by Gasteiger charge is 2.14. The summed E-state index contributed by atoms with van der Waals surface area (Å²) in [5.74, 6) is 0.489. The van der Waals surface area contributed by atoms with E-state index >= 15 is 0 Å². The molecule has 0 radical (unpaired) electrons. The van der Waals surface area contributed by atoms with Crippen molar-refractivity contribution in [1.29, 1.82) is 0 Å². The van der Waals surface area contributed by atoms with Crippen LogP contribution in [0.5, 0.6) is 5.75 Å². The molecule has 0 fully saturated rings. The molecule has 0 saturated heterocycles. The van der Waals surface area contributed by atoms with E-state index in [0.717, 1.165) is 0 Å². The lowest BCUT2D eigenvalue weighted by molar-refractivity contribution is 0.386. The Bertz CT molecular complexity index is 528. The summed E-state index contributed by atoms with van der Waals surface area (Å²) >= 11 is 2.00. The first kappa shape index (κ1) is 11.2. The maximum atomic E-state index is 13.5. The molecule has 0 amide bonds. The maximum Gasteiger partial charge on any atom is 0.182 e. The van der Waals surface area contributed by atoms with Crippen molar-refractivity contribution in [3.05, 3.63) is 27.6 Å². The molecule has 2 N–H and O–H groups in total. The van der Waals surface area contributed by atoms with E-state index in [0.29, 0.717) is 20.7 Å². The third kappa shape index (κ3) is 1.84. The number of ether oxygens (including phenoxy) is 1. The Balaban J connectivity index is 2.49. The summed E-state index contributed by atoms with van der Waals surface area (Å²) in [5, 5.41) is 3.61. The average Bonchev–Trinajstić information content (AvgIpc) is 2.60. The number of nitrogens with zero attached hydrogens (tertiary/aromatic N) is 1. The van der Waals surface area contributed by atoms with E-state index in [1.807, 2.05) is 22.6 Å². The highest BCUT2D eigenvalue weighted by molar-refractivity contribution is 14.1. The molecule has 1 aromatic heterocycles. The molecule has 0 aliphatic carbocycles. The minimum Gasteiger partial charge on any atom is -0.494 e. The van der Waals surface area contributed by atoms with Gasteiger partial charge in [-0.05, 0) is 40.8 Å². The van der Waals surface area contributed by atoms with Crippen molar-refractivity contribution in [3.8, 4) is 17.1 Å². The minimum absolute atomic E-state index is 0.186. The molecule has 1 aromatic carbocycles. The van der Waals surface area contributed by atoms with Crippen molar-refractivity contribution in [2.24, 2.45) is 0 Å². The molecule has 2 aromatic rings. The molecule has 0 saturated carbocycles. The van der Waals surface area contributed by atoms with Gasteiger partial charge in [-0.25, -0.2) is 4.39 Å². The van der Waals surface area contributed by atoms with E-state index in [4.69, 9.17) is 15.0 Å². The number of benzene rings is 1. The van der Waals surface area contributed by atoms with Crippen LogP contribution < -0.4 is 10.5 Å². The number of hydrogen-bond donors (Lipinski definition) is 1. The van der Waals surface area contributed by atoms with Gasteiger partial charge in [-0.3, -0.25) is 0 Å². The van der Waals surface area contributed by atoms with Gasteiger partial charge in [0, 0.05) is 5.56 Å². The average molecular weight is 334 g/mol. The predicted molar refractivity (Wildman–Crippen MR) is 65.6 cm³/mol. The van der Waals surface area contributed by atoms with Crippen molar-refractivity contribution in [2.75, 3.05) is 12.8 Å². The lowest BCUT2D eigenvalue weighted by atomic mass is 10.1. The lowest BCUT2D eigenvalue weighted by Crippen LogP contribution is -1.89. The van der Waals surface area contributed by atoms with Crippen LogP contribution in [-0.4, -0.2) is 12.3 Å². The number of methoxy groups -OCH3 is 1. The van der Waals surface area contributed by atoms with Crippen LogP contribution in [0.3, 0.4) is 0 Å². The number of hydrogen-bond acceptors (Lipinski definition) is 4. The van der Waals surface area contributed by atoms with Crippen molar-refractivity contribution in [1.82, 2.24) is 5.16 Å². The molecular formula is C10H8FIN2O2. The second-order valence-electron chi connectivity index (χ2n) is 3.06. The van der Waals surface area contributed by atoms with Crippen molar-refractivity contribution in [3.63, 3.8) is 0 Å². The van der Waals surface area contributed by atoms with Crippen LogP contribution in [0.1, 0.15) is 0 Å². The van der Waals surface area contributed by atoms with Gasteiger partial charge in [0.1, 0.15) is 3.57 Å². The normalized spacial score (nSPS) is 10.4. The first-order valence-electron chi connectivity index (χ1n) is 4.38. The summed E-state index contributed by atoms with van der Waals surface area (Å²) in [7, 11) is 1.41. The predicted octanol–water partition coefficient (Wildman–Crippen LogP) is 2.68. The second-order valence-corrected chi connectivity index (χ2v) is 4.14. The van der Waals surface area contributed by atoms with Gasteiger partial charge in [-0.2, -0.15) is 0 Å². The quantitative estimate of drug-likeness (QED) is 0.858. The molecule has 6 heteroatoms. The van der Waals surface area contributed by atoms with Crippen LogP contribution in [-0.2, 0) is 0 Å². The molecule has 0 aliphatic heterocycles. The Hall–Kier alpha value is -1.31. The number of rotatable bonds is 2. The molecule has 0 bridgehead atoms. The topological polar surface area (TPSA) is 61.3 Å². The third-order valence-corrected chi connectivity index (χ3v) is 3.12. The lowest BCUT2D eigenvalue weighted by Gasteiger charge is -2.02. The van der Waals surface area contributed by atoms with Crippen molar-refractivity contribution >= 4 is 28.4 Å². The monoisotopic (exact) mass is 334 g/mol. The summed E-state index contributed by atoms with van der Waals surface area (Å²) in [4.78, 5) is 0. The summed E-state index contributed by atoms with van der Waals surface area (Å²) in [5.41, 5.74) is 6.12. The Kier molecular flexibility index (Phi) is 2.99. The largest absolute Gasteiger partial charge is 0.494 e. The van der Waals surface area contributed by atoms with Gasteiger partial charge >= 0.3 is 0 Å². The van der Waals surface area contributed by atoms with E-state index in [-0.39, 0.29) is 5.75 Å². The molecule has 0 unspecified atom stereocenters. The standard InChI is InChI=1S/C10H8FIN2O2/c1-15-7-3-2-5(4-6(7)11)9-8(12)10(13)14-16-9/h2-4H,1H3,(H2,13,14). The number of anilines is 1. The highest BCUT2D eigenvalue weighted by Crippen LogP contribution is 2.31.